The maximum absolute atomic E-state index is 12.1. The van der Waals surface area contributed by atoms with Crippen LogP contribution in [0.25, 0.3) is 0 Å². The van der Waals surface area contributed by atoms with E-state index in [0.29, 0.717) is 23.9 Å². The minimum Gasteiger partial charge on any atom is -0.497 e. The van der Waals surface area contributed by atoms with Gasteiger partial charge in [0, 0.05) is 31.5 Å². The lowest BCUT2D eigenvalue weighted by Crippen LogP contribution is -2.64. The molecule has 1 aliphatic carbocycles. The van der Waals surface area contributed by atoms with E-state index in [0.717, 1.165) is 30.8 Å². The molecule has 7 unspecified atom stereocenters. The third-order valence-electron chi connectivity index (χ3n) is 7.78. The summed E-state index contributed by atoms with van der Waals surface area (Å²) < 4.78 is 11.5. The number of fused-ring (bicyclic) bond motifs is 2. The molecule has 1 saturated carbocycles. The van der Waals surface area contributed by atoms with Gasteiger partial charge in [0.1, 0.15) is 11.9 Å². The van der Waals surface area contributed by atoms with Gasteiger partial charge in [-0.2, -0.15) is 0 Å². The average Bonchev–Trinajstić information content (AvgIpc) is 3.14. The topological polar surface area (TPSA) is 51.1 Å². The van der Waals surface area contributed by atoms with Crippen LogP contribution >= 0.6 is 0 Å². The Bertz CT molecular complexity index is 935. The molecule has 5 heterocycles. The van der Waals surface area contributed by atoms with Crippen molar-refractivity contribution >= 4 is 17.4 Å². The van der Waals surface area contributed by atoms with Gasteiger partial charge in [0.15, 0.2) is 0 Å². The summed E-state index contributed by atoms with van der Waals surface area (Å²) in [5.41, 5.74) is 4.72. The number of benzene rings is 1. The number of carbonyl (C=O) groups is 1. The fraction of sp³-hybridized carbons (Fsp3) is 0.545. The maximum atomic E-state index is 12.1. The van der Waals surface area contributed by atoms with E-state index in [1.165, 1.54) is 16.8 Å². The Labute approximate surface area is 159 Å². The molecule has 0 radical (unpaired) electrons. The fourth-order valence-electron chi connectivity index (χ4n) is 6.94. The Kier molecular flexibility index (Phi) is 2.95. The predicted molar refractivity (Wildman–Crippen MR) is 102 cm³/mol. The lowest BCUT2D eigenvalue weighted by molar-refractivity contribution is -0.152. The van der Waals surface area contributed by atoms with Crippen molar-refractivity contribution < 1.29 is 14.3 Å². The summed E-state index contributed by atoms with van der Waals surface area (Å²) in [5, 5.41) is 0. The van der Waals surface area contributed by atoms with Crippen molar-refractivity contribution in [1.82, 2.24) is 4.90 Å². The summed E-state index contributed by atoms with van der Waals surface area (Å²) >= 11 is 0. The first kappa shape index (κ1) is 15.9. The largest absolute Gasteiger partial charge is 0.497 e. The third kappa shape index (κ3) is 1.70. The van der Waals surface area contributed by atoms with E-state index in [-0.39, 0.29) is 17.5 Å². The number of rotatable bonds is 2. The van der Waals surface area contributed by atoms with Crippen LogP contribution in [0.5, 0.6) is 5.75 Å². The van der Waals surface area contributed by atoms with Crippen LogP contribution in [0.15, 0.2) is 34.8 Å². The zero-order valence-electron chi connectivity index (χ0n) is 15.9. The fourth-order valence-corrected chi connectivity index (χ4v) is 6.94. The number of carbonyl (C=O) groups excluding carboxylic acids is 1. The Morgan fingerprint density at radius 2 is 2.26 bits per heavy atom. The number of esters is 1. The van der Waals surface area contributed by atoms with Crippen LogP contribution in [0.1, 0.15) is 32.3 Å². The monoisotopic (exact) mass is 364 g/mol. The van der Waals surface area contributed by atoms with Crippen molar-refractivity contribution in [3.63, 3.8) is 0 Å². The standard InChI is InChI=1S/C22H24N2O3/c1-4-12-10-24-17-8-14(12)19-18(24)9-22(21(19)27-11(2)25)15-6-5-13(26-3)7-16(15)23-20(17)22/h4-7,14,17-19,21H,8-10H2,1-3H3. The summed E-state index contributed by atoms with van der Waals surface area (Å²) in [6.45, 7) is 4.72. The highest BCUT2D eigenvalue weighted by atomic mass is 16.5. The number of hydrogen-bond donors (Lipinski definition) is 0. The summed E-state index contributed by atoms with van der Waals surface area (Å²) in [6.07, 6.45) is 4.27. The van der Waals surface area contributed by atoms with Gasteiger partial charge in [0.25, 0.3) is 0 Å². The van der Waals surface area contributed by atoms with Gasteiger partial charge in [-0.3, -0.25) is 14.7 Å². The Balaban J connectivity index is 1.59. The molecular formula is C22H24N2O3. The molecule has 5 heteroatoms. The van der Waals surface area contributed by atoms with Crippen LogP contribution in [-0.2, 0) is 14.9 Å². The normalized spacial score (nSPS) is 43.5. The molecule has 0 aromatic heterocycles. The molecule has 5 fully saturated rings. The number of ether oxygens (including phenoxy) is 2. The lowest BCUT2D eigenvalue weighted by atomic mass is 9.66. The van der Waals surface area contributed by atoms with E-state index in [9.17, 15) is 4.79 Å². The molecule has 1 spiro atoms. The molecule has 27 heavy (non-hydrogen) atoms. The van der Waals surface area contributed by atoms with E-state index in [1.807, 2.05) is 12.1 Å². The molecule has 5 nitrogen and oxygen atoms in total. The molecule has 7 atom stereocenters. The zero-order chi connectivity index (χ0) is 18.5. The molecule has 0 amide bonds. The molecule has 5 aliphatic heterocycles. The van der Waals surface area contributed by atoms with Crippen LogP contribution < -0.4 is 4.74 Å². The summed E-state index contributed by atoms with van der Waals surface area (Å²) in [4.78, 5) is 19.9. The summed E-state index contributed by atoms with van der Waals surface area (Å²) in [7, 11) is 1.69. The van der Waals surface area contributed by atoms with Gasteiger partial charge >= 0.3 is 5.97 Å². The van der Waals surface area contributed by atoms with Crippen LogP contribution in [0.3, 0.4) is 0 Å². The minimum atomic E-state index is -0.248. The minimum absolute atomic E-state index is 0.122. The Hall–Kier alpha value is -2.14. The maximum Gasteiger partial charge on any atom is 0.302 e. The van der Waals surface area contributed by atoms with E-state index >= 15 is 0 Å². The van der Waals surface area contributed by atoms with Crippen molar-refractivity contribution in [3.8, 4) is 5.75 Å². The molecular weight excluding hydrogens is 340 g/mol. The van der Waals surface area contributed by atoms with Gasteiger partial charge in [-0.05, 0) is 37.3 Å². The van der Waals surface area contributed by atoms with Crippen molar-refractivity contribution in [2.75, 3.05) is 13.7 Å². The van der Waals surface area contributed by atoms with Crippen molar-refractivity contribution in [3.05, 3.63) is 35.4 Å². The molecule has 5 bridgehead atoms. The molecule has 4 saturated heterocycles. The average molecular weight is 364 g/mol. The number of allylic oxidation sites excluding steroid dienone is 1. The number of hydrogen-bond acceptors (Lipinski definition) is 5. The van der Waals surface area contributed by atoms with Crippen molar-refractivity contribution in [1.29, 1.82) is 0 Å². The van der Waals surface area contributed by atoms with Gasteiger partial charge in [0.2, 0.25) is 0 Å². The number of piperidine rings is 4. The van der Waals surface area contributed by atoms with Crippen LogP contribution in [-0.4, -0.2) is 48.4 Å². The lowest BCUT2D eigenvalue weighted by Gasteiger charge is -2.55. The van der Waals surface area contributed by atoms with Gasteiger partial charge in [0.05, 0.1) is 30.0 Å². The van der Waals surface area contributed by atoms with Crippen molar-refractivity contribution in [2.24, 2.45) is 16.8 Å². The molecule has 6 aliphatic rings. The first-order valence-corrected chi connectivity index (χ1v) is 9.94. The summed E-state index contributed by atoms with van der Waals surface area (Å²) in [6, 6.07) is 7.06. The highest BCUT2D eigenvalue weighted by molar-refractivity contribution is 6.08. The van der Waals surface area contributed by atoms with E-state index in [2.05, 4.69) is 24.0 Å². The molecule has 1 aromatic carbocycles. The van der Waals surface area contributed by atoms with Gasteiger partial charge in [-0.25, -0.2) is 0 Å². The smallest absolute Gasteiger partial charge is 0.302 e. The van der Waals surface area contributed by atoms with Gasteiger partial charge < -0.3 is 9.47 Å². The SMILES string of the molecule is CC=C1CN2C3CC1C1C2CC2(C3=Nc3cc(OC)ccc32)C1OC(C)=O. The second kappa shape index (κ2) is 5.02. The highest BCUT2D eigenvalue weighted by Crippen LogP contribution is 2.66. The third-order valence-corrected chi connectivity index (χ3v) is 7.78. The van der Waals surface area contributed by atoms with E-state index < -0.39 is 0 Å². The second-order valence-corrected chi connectivity index (χ2v) is 8.62. The number of methoxy groups -OCH3 is 1. The van der Waals surface area contributed by atoms with Gasteiger partial charge in [-0.15, -0.1) is 0 Å². The molecule has 1 aromatic rings. The van der Waals surface area contributed by atoms with Crippen LogP contribution in [0.4, 0.5) is 5.69 Å². The zero-order valence-corrected chi connectivity index (χ0v) is 15.9. The van der Waals surface area contributed by atoms with E-state index in [1.54, 1.807) is 14.0 Å². The van der Waals surface area contributed by atoms with E-state index in [4.69, 9.17) is 14.5 Å². The predicted octanol–water partition coefficient (Wildman–Crippen LogP) is 3.00. The van der Waals surface area contributed by atoms with Crippen LogP contribution in [0.2, 0.25) is 0 Å². The Morgan fingerprint density at radius 1 is 1.41 bits per heavy atom. The summed E-state index contributed by atoms with van der Waals surface area (Å²) in [5.74, 6) is 1.52. The van der Waals surface area contributed by atoms with Gasteiger partial charge in [-0.1, -0.05) is 17.7 Å². The molecule has 140 valence electrons. The Morgan fingerprint density at radius 3 is 3.00 bits per heavy atom. The number of aliphatic imine (C=N–C) groups is 1. The highest BCUT2D eigenvalue weighted by Gasteiger charge is 2.73. The second-order valence-electron chi connectivity index (χ2n) is 8.62. The first-order valence-electron chi connectivity index (χ1n) is 9.94. The number of nitrogens with zero attached hydrogens (tertiary/aromatic N) is 2. The van der Waals surface area contributed by atoms with Crippen molar-refractivity contribution in [2.45, 2.75) is 50.3 Å². The molecule has 7 rings (SSSR count). The van der Waals surface area contributed by atoms with Crippen LogP contribution in [0, 0.1) is 11.8 Å². The first-order chi connectivity index (χ1) is 13.1. The quantitative estimate of drug-likeness (QED) is 0.598. The molecule has 0 N–H and O–H groups in total.